The SMILES string of the molecule is CCNCCC(=O)NCCCCOC(C)C. The van der Waals surface area contributed by atoms with Crippen molar-refractivity contribution in [3.8, 4) is 0 Å². The minimum Gasteiger partial charge on any atom is -0.379 e. The van der Waals surface area contributed by atoms with Crippen LogP contribution >= 0.6 is 0 Å². The summed E-state index contributed by atoms with van der Waals surface area (Å²) in [6.07, 6.45) is 2.86. The molecule has 0 rings (SSSR count). The summed E-state index contributed by atoms with van der Waals surface area (Å²) in [4.78, 5) is 11.3. The van der Waals surface area contributed by atoms with Crippen molar-refractivity contribution < 1.29 is 9.53 Å². The van der Waals surface area contributed by atoms with Gasteiger partial charge in [-0.25, -0.2) is 0 Å². The van der Waals surface area contributed by atoms with Crippen LogP contribution < -0.4 is 10.6 Å². The fourth-order valence-corrected chi connectivity index (χ4v) is 1.24. The molecule has 0 aromatic heterocycles. The summed E-state index contributed by atoms with van der Waals surface area (Å²) < 4.78 is 5.41. The van der Waals surface area contributed by atoms with Crippen LogP contribution in [-0.2, 0) is 9.53 Å². The van der Waals surface area contributed by atoms with E-state index in [2.05, 4.69) is 10.6 Å². The Morgan fingerprint density at radius 1 is 1.25 bits per heavy atom. The molecule has 0 aliphatic carbocycles. The van der Waals surface area contributed by atoms with Gasteiger partial charge in [0, 0.05) is 26.1 Å². The molecule has 0 unspecified atom stereocenters. The Morgan fingerprint density at radius 3 is 2.62 bits per heavy atom. The minimum atomic E-state index is 0.130. The van der Waals surface area contributed by atoms with Crippen LogP contribution in [0.3, 0.4) is 0 Å². The van der Waals surface area contributed by atoms with Crippen LogP contribution in [-0.4, -0.2) is 38.3 Å². The summed E-state index contributed by atoms with van der Waals surface area (Å²) >= 11 is 0. The highest BCUT2D eigenvalue weighted by molar-refractivity contribution is 5.75. The molecule has 0 spiro atoms. The van der Waals surface area contributed by atoms with Crippen molar-refractivity contribution in [2.45, 2.75) is 46.1 Å². The predicted molar refractivity (Wildman–Crippen MR) is 66.5 cm³/mol. The summed E-state index contributed by atoms with van der Waals surface area (Å²) in [5, 5.41) is 6.02. The Morgan fingerprint density at radius 2 is 2.00 bits per heavy atom. The average Bonchev–Trinajstić information content (AvgIpc) is 2.23. The van der Waals surface area contributed by atoms with E-state index in [1.807, 2.05) is 20.8 Å². The lowest BCUT2D eigenvalue weighted by Gasteiger charge is -2.08. The maximum absolute atomic E-state index is 11.3. The summed E-state index contributed by atoms with van der Waals surface area (Å²) in [5.74, 6) is 0.130. The lowest BCUT2D eigenvalue weighted by molar-refractivity contribution is -0.121. The molecule has 0 aromatic carbocycles. The fraction of sp³-hybridized carbons (Fsp3) is 0.917. The predicted octanol–water partition coefficient (Wildman–Crippen LogP) is 1.31. The van der Waals surface area contributed by atoms with Crippen molar-refractivity contribution in [1.29, 1.82) is 0 Å². The van der Waals surface area contributed by atoms with E-state index in [1.54, 1.807) is 0 Å². The summed E-state index contributed by atoms with van der Waals surface area (Å²) in [7, 11) is 0. The Bertz CT molecular complexity index is 172. The van der Waals surface area contributed by atoms with Crippen molar-refractivity contribution in [2.24, 2.45) is 0 Å². The van der Waals surface area contributed by atoms with Gasteiger partial charge in [-0.1, -0.05) is 6.92 Å². The van der Waals surface area contributed by atoms with Crippen LogP contribution in [0.1, 0.15) is 40.0 Å². The third kappa shape index (κ3) is 11.5. The highest BCUT2D eigenvalue weighted by Crippen LogP contribution is 1.93. The number of hydrogen-bond donors (Lipinski definition) is 2. The van der Waals surface area contributed by atoms with Crippen LogP contribution in [0.5, 0.6) is 0 Å². The minimum absolute atomic E-state index is 0.130. The Balaban J connectivity index is 3.15. The monoisotopic (exact) mass is 230 g/mol. The smallest absolute Gasteiger partial charge is 0.221 e. The van der Waals surface area contributed by atoms with Crippen molar-refractivity contribution in [2.75, 3.05) is 26.2 Å². The number of ether oxygens (including phenoxy) is 1. The summed E-state index contributed by atoms with van der Waals surface area (Å²) in [6.45, 7) is 9.31. The lowest BCUT2D eigenvalue weighted by Crippen LogP contribution is -2.28. The molecule has 0 aliphatic heterocycles. The molecule has 2 N–H and O–H groups in total. The van der Waals surface area contributed by atoms with Gasteiger partial charge in [0.2, 0.25) is 5.91 Å². The fourth-order valence-electron chi connectivity index (χ4n) is 1.24. The highest BCUT2D eigenvalue weighted by atomic mass is 16.5. The van der Waals surface area contributed by atoms with Crippen molar-refractivity contribution >= 4 is 5.91 Å². The zero-order chi connectivity index (χ0) is 12.2. The normalized spacial score (nSPS) is 10.8. The third-order valence-electron chi connectivity index (χ3n) is 2.12. The van der Waals surface area contributed by atoms with E-state index in [-0.39, 0.29) is 5.91 Å². The van der Waals surface area contributed by atoms with Crippen molar-refractivity contribution in [1.82, 2.24) is 10.6 Å². The molecule has 0 aliphatic rings. The number of hydrogen-bond acceptors (Lipinski definition) is 3. The van der Waals surface area contributed by atoms with Gasteiger partial charge in [0.15, 0.2) is 0 Å². The van der Waals surface area contributed by atoms with E-state index in [9.17, 15) is 4.79 Å². The molecule has 0 saturated carbocycles. The highest BCUT2D eigenvalue weighted by Gasteiger charge is 1.99. The molecule has 0 saturated heterocycles. The van der Waals surface area contributed by atoms with Crippen molar-refractivity contribution in [3.63, 3.8) is 0 Å². The molecule has 0 heterocycles. The topological polar surface area (TPSA) is 50.4 Å². The molecule has 0 atom stereocenters. The van der Waals surface area contributed by atoms with Gasteiger partial charge in [-0.05, 0) is 33.2 Å². The number of unbranched alkanes of at least 4 members (excludes halogenated alkanes) is 1. The second kappa shape index (κ2) is 10.9. The van der Waals surface area contributed by atoms with Gasteiger partial charge in [-0.15, -0.1) is 0 Å². The van der Waals surface area contributed by atoms with Gasteiger partial charge < -0.3 is 15.4 Å². The second-order valence-corrected chi connectivity index (χ2v) is 4.08. The Kier molecular flexibility index (Phi) is 10.5. The molecule has 96 valence electrons. The molecule has 0 bridgehead atoms. The van der Waals surface area contributed by atoms with Gasteiger partial charge in [-0.2, -0.15) is 0 Å². The first-order valence-electron chi connectivity index (χ1n) is 6.25. The van der Waals surface area contributed by atoms with E-state index in [0.717, 1.165) is 39.1 Å². The zero-order valence-electron chi connectivity index (χ0n) is 10.8. The van der Waals surface area contributed by atoms with Gasteiger partial charge in [-0.3, -0.25) is 4.79 Å². The molecule has 4 nitrogen and oxygen atoms in total. The van der Waals surface area contributed by atoms with Gasteiger partial charge in [0.05, 0.1) is 6.10 Å². The number of amides is 1. The number of rotatable bonds is 10. The maximum atomic E-state index is 11.3. The molecule has 16 heavy (non-hydrogen) atoms. The molecular formula is C12H26N2O2. The van der Waals surface area contributed by atoms with Crippen LogP contribution in [0.2, 0.25) is 0 Å². The summed E-state index contributed by atoms with van der Waals surface area (Å²) in [5.41, 5.74) is 0. The largest absolute Gasteiger partial charge is 0.379 e. The van der Waals surface area contributed by atoms with Gasteiger partial charge in [0.25, 0.3) is 0 Å². The Hall–Kier alpha value is -0.610. The van der Waals surface area contributed by atoms with Gasteiger partial charge in [0.1, 0.15) is 0 Å². The van der Waals surface area contributed by atoms with Gasteiger partial charge >= 0.3 is 0 Å². The molecule has 0 fully saturated rings. The quantitative estimate of drug-likeness (QED) is 0.556. The number of nitrogens with one attached hydrogen (secondary N) is 2. The van der Waals surface area contributed by atoms with E-state index in [0.29, 0.717) is 12.5 Å². The molecule has 1 amide bonds. The van der Waals surface area contributed by atoms with Crippen LogP contribution in [0, 0.1) is 0 Å². The second-order valence-electron chi connectivity index (χ2n) is 4.08. The summed E-state index contributed by atoms with van der Waals surface area (Å²) in [6, 6.07) is 0. The first-order valence-corrected chi connectivity index (χ1v) is 6.25. The molecule has 0 aromatic rings. The Labute approximate surface area is 99.1 Å². The zero-order valence-corrected chi connectivity index (χ0v) is 10.8. The molecule has 4 heteroatoms. The van der Waals surface area contributed by atoms with Crippen molar-refractivity contribution in [3.05, 3.63) is 0 Å². The number of carbonyl (C=O) groups excluding carboxylic acids is 1. The standard InChI is InChI=1S/C12H26N2O2/c1-4-13-9-7-12(15)14-8-5-6-10-16-11(2)3/h11,13H,4-10H2,1-3H3,(H,14,15). The molecular weight excluding hydrogens is 204 g/mol. The number of carbonyl (C=O) groups is 1. The average molecular weight is 230 g/mol. The van der Waals surface area contributed by atoms with E-state index in [4.69, 9.17) is 4.74 Å². The third-order valence-corrected chi connectivity index (χ3v) is 2.12. The van der Waals surface area contributed by atoms with Crippen LogP contribution in [0.4, 0.5) is 0 Å². The molecule has 0 radical (unpaired) electrons. The first-order chi connectivity index (χ1) is 7.66. The lowest BCUT2D eigenvalue weighted by atomic mass is 10.3. The van der Waals surface area contributed by atoms with E-state index in [1.165, 1.54) is 0 Å². The van der Waals surface area contributed by atoms with Crippen LogP contribution in [0.25, 0.3) is 0 Å². The van der Waals surface area contributed by atoms with E-state index < -0.39 is 0 Å². The van der Waals surface area contributed by atoms with E-state index >= 15 is 0 Å². The first kappa shape index (κ1) is 15.4. The van der Waals surface area contributed by atoms with Crippen LogP contribution in [0.15, 0.2) is 0 Å². The maximum Gasteiger partial charge on any atom is 0.221 e.